The van der Waals surface area contributed by atoms with Crippen LogP contribution in [0.3, 0.4) is 0 Å². The molecular formula is C59H98O15. The van der Waals surface area contributed by atoms with Crippen LogP contribution in [-0.2, 0) is 38.0 Å². The van der Waals surface area contributed by atoms with Gasteiger partial charge in [0.1, 0.15) is 55.4 Å². The molecule has 2 fully saturated rings. The second kappa shape index (κ2) is 44.8. The van der Waals surface area contributed by atoms with E-state index in [1.807, 2.05) is 18.2 Å². The molecule has 7 N–H and O–H groups in total. The maximum absolute atomic E-state index is 13.0. The number of allylic oxidation sites excluding steroid dienone is 14. The third-order valence-corrected chi connectivity index (χ3v) is 12.8. The van der Waals surface area contributed by atoms with Crippen molar-refractivity contribution < 1.29 is 73.8 Å². The van der Waals surface area contributed by atoms with Crippen LogP contribution in [0.1, 0.15) is 181 Å². The number of unbranched alkanes of at least 4 members (excludes halogenated alkanes) is 15. The van der Waals surface area contributed by atoms with Crippen molar-refractivity contribution in [2.24, 2.45) is 0 Å². The number of esters is 2. The van der Waals surface area contributed by atoms with Gasteiger partial charge in [-0.1, -0.05) is 170 Å². The first kappa shape index (κ1) is 66.8. The van der Waals surface area contributed by atoms with Crippen molar-refractivity contribution in [1.82, 2.24) is 0 Å². The van der Waals surface area contributed by atoms with Gasteiger partial charge in [0.15, 0.2) is 18.7 Å². The van der Waals surface area contributed by atoms with Crippen molar-refractivity contribution in [2.45, 2.75) is 248 Å². The number of carbonyl (C=O) groups is 2. The number of rotatable bonds is 43. The number of hydrogen-bond acceptors (Lipinski definition) is 15. The van der Waals surface area contributed by atoms with E-state index in [1.54, 1.807) is 0 Å². The molecule has 0 spiro atoms. The fourth-order valence-electron chi connectivity index (χ4n) is 8.22. The minimum atomic E-state index is -1.79. The first-order valence-electron chi connectivity index (χ1n) is 28.2. The fraction of sp³-hybridized carbons (Fsp3) is 0.729. The molecule has 11 atom stereocenters. The maximum atomic E-state index is 13.0. The van der Waals surface area contributed by atoms with Crippen LogP contribution in [0.15, 0.2) is 85.1 Å². The van der Waals surface area contributed by atoms with Crippen molar-refractivity contribution in [3.63, 3.8) is 0 Å². The molecule has 0 aromatic carbocycles. The molecule has 0 bridgehead atoms. The van der Waals surface area contributed by atoms with Crippen LogP contribution in [0.2, 0.25) is 0 Å². The fourth-order valence-corrected chi connectivity index (χ4v) is 8.22. The minimum absolute atomic E-state index is 0.0775. The van der Waals surface area contributed by atoms with Gasteiger partial charge in [0.25, 0.3) is 0 Å². The molecule has 2 aliphatic heterocycles. The lowest BCUT2D eigenvalue weighted by Gasteiger charge is -2.42. The topological polar surface area (TPSA) is 231 Å². The Bertz CT molecular complexity index is 1610. The molecule has 15 nitrogen and oxygen atoms in total. The summed E-state index contributed by atoms with van der Waals surface area (Å²) in [6.45, 7) is 2.47. The summed E-state index contributed by atoms with van der Waals surface area (Å²) in [5, 5.41) is 72.2. The highest BCUT2D eigenvalue weighted by atomic mass is 16.7. The first-order chi connectivity index (χ1) is 36.0. The molecule has 2 heterocycles. The zero-order valence-electron chi connectivity index (χ0n) is 45.0. The summed E-state index contributed by atoms with van der Waals surface area (Å²) in [4.78, 5) is 25.8. The second-order valence-corrected chi connectivity index (χ2v) is 19.4. The maximum Gasteiger partial charge on any atom is 0.306 e. The highest BCUT2D eigenvalue weighted by molar-refractivity contribution is 5.70. The first-order valence-corrected chi connectivity index (χ1v) is 28.2. The highest BCUT2D eigenvalue weighted by Gasteiger charge is 2.47. The van der Waals surface area contributed by atoms with Gasteiger partial charge in [-0.05, 0) is 83.5 Å². The summed E-state index contributed by atoms with van der Waals surface area (Å²) in [5.74, 6) is -1.06. The Kier molecular flexibility index (Phi) is 40.4. The van der Waals surface area contributed by atoms with Crippen LogP contribution in [0.25, 0.3) is 0 Å². The summed E-state index contributed by atoms with van der Waals surface area (Å²) in [7, 11) is 0. The third kappa shape index (κ3) is 31.7. The molecule has 4 unspecified atom stereocenters. The molecular weight excluding hydrogens is 949 g/mol. The molecule has 0 aliphatic carbocycles. The van der Waals surface area contributed by atoms with Gasteiger partial charge < -0.3 is 64.2 Å². The van der Waals surface area contributed by atoms with E-state index in [-0.39, 0.29) is 19.4 Å². The minimum Gasteiger partial charge on any atom is -0.462 e. The molecule has 74 heavy (non-hydrogen) atoms. The number of carbonyl (C=O) groups excluding carboxylic acids is 2. The molecule has 0 amide bonds. The van der Waals surface area contributed by atoms with Gasteiger partial charge in [-0.2, -0.15) is 0 Å². The Morgan fingerprint density at radius 2 is 0.811 bits per heavy atom. The van der Waals surface area contributed by atoms with Crippen molar-refractivity contribution >= 4 is 11.9 Å². The SMILES string of the molecule is CCCCCCCC/C=C/C/C=C/C/C=C/CCCC(=O)O[C@@H](COC(=O)CCC/C=C/C/C=C/C/C=C/C/C=C/CCCCCCCCC)CO[C@@H]1O[C@H](CO[C@@H]2O[C@H](CO)[C@H](O)C(O)C2O)[C@H](O)C(O)C1O. The second-order valence-electron chi connectivity index (χ2n) is 19.4. The van der Waals surface area contributed by atoms with Crippen LogP contribution < -0.4 is 0 Å². The van der Waals surface area contributed by atoms with Gasteiger partial charge in [-0.25, -0.2) is 0 Å². The summed E-state index contributed by atoms with van der Waals surface area (Å²) in [6.07, 6.45) is 39.1. The zero-order chi connectivity index (χ0) is 53.9. The van der Waals surface area contributed by atoms with E-state index >= 15 is 0 Å². The van der Waals surface area contributed by atoms with E-state index in [0.29, 0.717) is 25.7 Å². The van der Waals surface area contributed by atoms with Crippen molar-refractivity contribution in [3.05, 3.63) is 85.1 Å². The predicted molar refractivity (Wildman–Crippen MR) is 289 cm³/mol. The average molecular weight is 1050 g/mol. The van der Waals surface area contributed by atoms with E-state index in [9.17, 15) is 45.3 Å². The largest absolute Gasteiger partial charge is 0.462 e. The normalized spacial score (nSPS) is 25.3. The van der Waals surface area contributed by atoms with Crippen LogP contribution in [0, 0.1) is 0 Å². The Hall–Kier alpha value is -3.32. The molecule has 2 aliphatic rings. The summed E-state index contributed by atoms with van der Waals surface area (Å²) < 4.78 is 33.5. The highest BCUT2D eigenvalue weighted by Crippen LogP contribution is 2.26. The van der Waals surface area contributed by atoms with Crippen LogP contribution in [0.5, 0.6) is 0 Å². The summed E-state index contributed by atoms with van der Waals surface area (Å²) in [6, 6.07) is 0. The molecule has 0 aromatic rings. The molecule has 2 saturated heterocycles. The Morgan fingerprint density at radius 1 is 0.432 bits per heavy atom. The van der Waals surface area contributed by atoms with Gasteiger partial charge in [0, 0.05) is 12.8 Å². The van der Waals surface area contributed by atoms with Crippen molar-refractivity contribution in [3.8, 4) is 0 Å². The Balaban J connectivity index is 1.83. The third-order valence-electron chi connectivity index (χ3n) is 12.8. The molecule has 2 rings (SSSR count). The lowest BCUT2D eigenvalue weighted by molar-refractivity contribution is -0.332. The number of ether oxygens (including phenoxy) is 6. The van der Waals surface area contributed by atoms with E-state index in [2.05, 4.69) is 80.7 Å². The van der Waals surface area contributed by atoms with Gasteiger partial charge in [0.2, 0.25) is 0 Å². The predicted octanol–water partition coefficient (Wildman–Crippen LogP) is 9.16. The van der Waals surface area contributed by atoms with Gasteiger partial charge in [-0.3, -0.25) is 9.59 Å². The quantitative estimate of drug-likeness (QED) is 0.0172. The standard InChI is InChI=1S/C59H98O15/c1-3-5-7-9-11-13-15-17-19-21-22-23-24-26-27-29-31-33-35-37-39-41-50(61)69-44-47(72-51(62)42-40-38-36-34-32-30-28-25-20-18-16-14-12-10-8-6-4-2)45-70-58-57(68)55(66)53(64)49(74-58)46-71-59-56(67)54(65)52(63)48(43-60)73-59/h18-21,23-24,27-30,33-36,47-49,52-60,63-68H,3-17,22,25-26,31-32,37-46H2,1-2H3/b20-18+,21-19+,24-23+,29-27+,30-28+,35-33+,36-34+/t47-,48+,49+,52-,53-,54?,55?,56?,57?,58+,59+/m0/s1. The van der Waals surface area contributed by atoms with E-state index in [4.69, 9.17) is 28.4 Å². The molecule has 0 saturated carbocycles. The lowest BCUT2D eigenvalue weighted by Crippen LogP contribution is -2.61. The van der Waals surface area contributed by atoms with Gasteiger partial charge in [-0.15, -0.1) is 0 Å². The Labute approximate surface area is 444 Å². The molecule has 0 aromatic heterocycles. The van der Waals surface area contributed by atoms with E-state index < -0.39 is 99.3 Å². The van der Waals surface area contributed by atoms with Crippen LogP contribution >= 0.6 is 0 Å². The van der Waals surface area contributed by atoms with Gasteiger partial charge >= 0.3 is 11.9 Å². The van der Waals surface area contributed by atoms with Gasteiger partial charge in [0.05, 0.1) is 19.8 Å². The number of aliphatic hydroxyl groups excluding tert-OH is 7. The molecule has 15 heteroatoms. The number of aliphatic hydroxyl groups is 7. The zero-order valence-corrected chi connectivity index (χ0v) is 45.0. The number of hydrogen-bond donors (Lipinski definition) is 7. The van der Waals surface area contributed by atoms with E-state index in [1.165, 1.54) is 83.5 Å². The van der Waals surface area contributed by atoms with Crippen LogP contribution in [-0.4, -0.2) is 142 Å². The monoisotopic (exact) mass is 1050 g/mol. The molecule has 0 radical (unpaired) electrons. The van der Waals surface area contributed by atoms with E-state index in [0.717, 1.165) is 44.9 Å². The smallest absolute Gasteiger partial charge is 0.306 e. The Morgan fingerprint density at radius 3 is 1.27 bits per heavy atom. The van der Waals surface area contributed by atoms with Crippen molar-refractivity contribution in [2.75, 3.05) is 26.4 Å². The average Bonchev–Trinajstić information content (AvgIpc) is 3.39. The van der Waals surface area contributed by atoms with Crippen LogP contribution in [0.4, 0.5) is 0 Å². The lowest BCUT2D eigenvalue weighted by atomic mass is 9.98. The summed E-state index contributed by atoms with van der Waals surface area (Å²) in [5.41, 5.74) is 0. The molecule has 424 valence electrons. The van der Waals surface area contributed by atoms with Crippen molar-refractivity contribution in [1.29, 1.82) is 0 Å². The summed E-state index contributed by atoms with van der Waals surface area (Å²) >= 11 is 0.